The van der Waals surface area contributed by atoms with Crippen molar-refractivity contribution in [2.24, 2.45) is 0 Å². The van der Waals surface area contributed by atoms with E-state index in [9.17, 15) is 18.0 Å². The van der Waals surface area contributed by atoms with Crippen molar-refractivity contribution in [3.8, 4) is 11.3 Å². The summed E-state index contributed by atoms with van der Waals surface area (Å²) in [7, 11) is -3.28. The number of nitrogens with zero attached hydrogens (tertiary/aromatic N) is 2. The minimum absolute atomic E-state index is 0.131. The normalized spacial score (nSPS) is 14.8. The van der Waals surface area contributed by atoms with Crippen molar-refractivity contribution in [3.05, 3.63) is 65.0 Å². The van der Waals surface area contributed by atoms with Crippen molar-refractivity contribution in [2.75, 3.05) is 28.5 Å². The molecular formula is C22H21N3O5S2. The maximum absolute atomic E-state index is 12.7. The standard InChI is InChI=1S/C22H21N3O5S2/c1-2-30-21(27)19-18(15-7-4-3-5-8-15)23-22(31-19)24-20(26)16-9-11-17(12-10-16)25-13-6-14-32(25,28)29/h3-5,7-12H,2,6,13-14H2,1H3,(H,23,24,26). The maximum atomic E-state index is 12.7. The molecule has 0 bridgehead atoms. The smallest absolute Gasteiger partial charge is 0.350 e. The Kier molecular flexibility index (Phi) is 6.24. The van der Waals surface area contributed by atoms with E-state index >= 15 is 0 Å². The molecule has 0 atom stereocenters. The number of amides is 1. The number of ether oxygens (including phenoxy) is 1. The molecule has 10 heteroatoms. The Hall–Kier alpha value is -3.24. The van der Waals surface area contributed by atoms with Crippen LogP contribution in [0.1, 0.15) is 33.4 Å². The lowest BCUT2D eigenvalue weighted by Gasteiger charge is -2.16. The third kappa shape index (κ3) is 4.51. The monoisotopic (exact) mass is 471 g/mol. The summed E-state index contributed by atoms with van der Waals surface area (Å²) in [6.45, 7) is 2.39. The van der Waals surface area contributed by atoms with Gasteiger partial charge in [0.15, 0.2) is 5.13 Å². The summed E-state index contributed by atoms with van der Waals surface area (Å²) < 4.78 is 30.6. The number of aromatic nitrogens is 1. The topological polar surface area (TPSA) is 106 Å². The van der Waals surface area contributed by atoms with Crippen LogP contribution in [0.3, 0.4) is 0 Å². The average Bonchev–Trinajstić information content (AvgIpc) is 3.37. The molecule has 1 aromatic heterocycles. The minimum Gasteiger partial charge on any atom is -0.462 e. The van der Waals surface area contributed by atoms with E-state index in [-0.39, 0.29) is 17.5 Å². The van der Waals surface area contributed by atoms with Crippen LogP contribution < -0.4 is 9.62 Å². The van der Waals surface area contributed by atoms with Gasteiger partial charge in [0, 0.05) is 17.7 Å². The fraction of sp³-hybridized carbons (Fsp3) is 0.227. The van der Waals surface area contributed by atoms with Crippen molar-refractivity contribution in [3.63, 3.8) is 0 Å². The van der Waals surface area contributed by atoms with Gasteiger partial charge in [-0.3, -0.25) is 14.4 Å². The van der Waals surface area contributed by atoms with Crippen LogP contribution in [0.4, 0.5) is 10.8 Å². The summed E-state index contributed by atoms with van der Waals surface area (Å²) in [6.07, 6.45) is 0.584. The van der Waals surface area contributed by atoms with Gasteiger partial charge in [-0.1, -0.05) is 41.7 Å². The Balaban J connectivity index is 1.56. The number of carbonyl (C=O) groups excluding carboxylic acids is 2. The number of anilines is 2. The molecule has 0 radical (unpaired) electrons. The van der Waals surface area contributed by atoms with Crippen molar-refractivity contribution in [1.29, 1.82) is 0 Å². The first-order valence-corrected chi connectivity index (χ1v) is 12.5. The maximum Gasteiger partial charge on any atom is 0.350 e. The van der Waals surface area contributed by atoms with E-state index in [1.807, 2.05) is 30.3 Å². The van der Waals surface area contributed by atoms with Gasteiger partial charge < -0.3 is 4.74 Å². The van der Waals surface area contributed by atoms with Crippen LogP contribution in [0.15, 0.2) is 54.6 Å². The molecule has 1 saturated heterocycles. The van der Waals surface area contributed by atoms with Crippen LogP contribution >= 0.6 is 11.3 Å². The highest BCUT2D eigenvalue weighted by Crippen LogP contribution is 2.32. The summed E-state index contributed by atoms with van der Waals surface area (Å²) in [5.41, 5.74) is 2.06. The highest BCUT2D eigenvalue weighted by Gasteiger charge is 2.28. The van der Waals surface area contributed by atoms with Gasteiger partial charge in [0.2, 0.25) is 10.0 Å². The first kappa shape index (κ1) is 22.0. The second-order valence-electron chi connectivity index (χ2n) is 7.03. The Labute approximate surface area is 189 Å². The highest BCUT2D eigenvalue weighted by atomic mass is 32.2. The number of nitrogens with one attached hydrogen (secondary N) is 1. The molecule has 0 saturated carbocycles. The Morgan fingerprint density at radius 3 is 2.47 bits per heavy atom. The molecule has 8 nitrogen and oxygen atoms in total. The SMILES string of the molecule is CCOC(=O)c1sc(NC(=O)c2ccc(N3CCCS3(=O)=O)cc2)nc1-c1ccccc1. The van der Waals surface area contributed by atoms with E-state index < -0.39 is 21.9 Å². The molecule has 0 aliphatic carbocycles. The van der Waals surface area contributed by atoms with Crippen molar-refractivity contribution in [1.82, 2.24) is 4.98 Å². The van der Waals surface area contributed by atoms with E-state index in [0.717, 1.165) is 16.9 Å². The third-order valence-electron chi connectivity index (χ3n) is 4.87. The summed E-state index contributed by atoms with van der Waals surface area (Å²) >= 11 is 1.04. The fourth-order valence-corrected chi connectivity index (χ4v) is 5.82. The van der Waals surface area contributed by atoms with Crippen LogP contribution in [0.25, 0.3) is 11.3 Å². The van der Waals surface area contributed by atoms with E-state index in [2.05, 4.69) is 10.3 Å². The van der Waals surface area contributed by atoms with E-state index in [0.29, 0.717) is 34.8 Å². The Morgan fingerprint density at radius 2 is 1.84 bits per heavy atom. The third-order valence-corrected chi connectivity index (χ3v) is 7.69. The summed E-state index contributed by atoms with van der Waals surface area (Å²) in [6, 6.07) is 15.5. The fourth-order valence-electron chi connectivity index (χ4n) is 3.38. The molecule has 4 rings (SSSR count). The van der Waals surface area contributed by atoms with Crippen molar-refractivity contribution in [2.45, 2.75) is 13.3 Å². The number of hydrogen-bond acceptors (Lipinski definition) is 7. The number of benzene rings is 2. The second kappa shape index (κ2) is 9.09. The summed E-state index contributed by atoms with van der Waals surface area (Å²) in [5.74, 6) is -0.781. The van der Waals surface area contributed by atoms with Gasteiger partial charge in [0.05, 0.1) is 23.7 Å². The molecule has 0 spiro atoms. The number of carbonyl (C=O) groups is 2. The van der Waals surface area contributed by atoms with E-state index in [4.69, 9.17) is 4.74 Å². The molecular weight excluding hydrogens is 450 g/mol. The van der Waals surface area contributed by atoms with Crippen LogP contribution in [-0.2, 0) is 14.8 Å². The van der Waals surface area contributed by atoms with Crippen molar-refractivity contribution >= 4 is 44.1 Å². The quantitative estimate of drug-likeness (QED) is 0.549. The molecule has 3 aromatic rings. The van der Waals surface area contributed by atoms with E-state index in [1.54, 1.807) is 31.2 Å². The Morgan fingerprint density at radius 1 is 1.12 bits per heavy atom. The molecule has 0 unspecified atom stereocenters. The van der Waals surface area contributed by atoms with Gasteiger partial charge in [-0.2, -0.15) is 0 Å². The number of hydrogen-bond donors (Lipinski definition) is 1. The lowest BCUT2D eigenvalue weighted by molar-refractivity contribution is 0.0532. The predicted molar refractivity (Wildman–Crippen MR) is 124 cm³/mol. The predicted octanol–water partition coefficient (Wildman–Crippen LogP) is 3.78. The first-order valence-electron chi connectivity index (χ1n) is 10.0. The zero-order valence-electron chi connectivity index (χ0n) is 17.3. The number of rotatable bonds is 6. The number of esters is 1. The molecule has 166 valence electrons. The highest BCUT2D eigenvalue weighted by molar-refractivity contribution is 7.93. The average molecular weight is 472 g/mol. The molecule has 2 heterocycles. The van der Waals surface area contributed by atoms with Gasteiger partial charge in [0.25, 0.3) is 5.91 Å². The largest absolute Gasteiger partial charge is 0.462 e. The number of thiazole rings is 1. The van der Waals surface area contributed by atoms with Gasteiger partial charge in [-0.15, -0.1) is 0 Å². The lowest BCUT2D eigenvalue weighted by atomic mass is 10.1. The number of sulfonamides is 1. The van der Waals surface area contributed by atoms with E-state index in [1.165, 1.54) is 4.31 Å². The molecule has 1 aliphatic heterocycles. The summed E-state index contributed by atoms with van der Waals surface area (Å²) in [5, 5.41) is 2.99. The van der Waals surface area contributed by atoms with Crippen LogP contribution in [0.2, 0.25) is 0 Å². The second-order valence-corrected chi connectivity index (χ2v) is 10.0. The molecule has 1 N–H and O–H groups in total. The van der Waals surface area contributed by atoms with Crippen LogP contribution in [-0.4, -0.2) is 44.2 Å². The molecule has 1 aliphatic rings. The first-order chi connectivity index (χ1) is 15.4. The van der Waals surface area contributed by atoms with Gasteiger partial charge in [-0.25, -0.2) is 18.2 Å². The van der Waals surface area contributed by atoms with Crippen LogP contribution in [0.5, 0.6) is 0 Å². The zero-order valence-corrected chi connectivity index (χ0v) is 18.9. The molecule has 32 heavy (non-hydrogen) atoms. The molecule has 1 fully saturated rings. The van der Waals surface area contributed by atoms with Gasteiger partial charge in [-0.05, 0) is 37.6 Å². The van der Waals surface area contributed by atoms with Gasteiger partial charge in [0.1, 0.15) is 4.88 Å². The van der Waals surface area contributed by atoms with Gasteiger partial charge >= 0.3 is 5.97 Å². The van der Waals surface area contributed by atoms with Crippen molar-refractivity contribution < 1.29 is 22.7 Å². The van der Waals surface area contributed by atoms with Crippen LogP contribution in [0, 0.1) is 0 Å². The lowest BCUT2D eigenvalue weighted by Crippen LogP contribution is -2.25. The molecule has 2 aromatic carbocycles. The minimum atomic E-state index is -3.28. The zero-order chi connectivity index (χ0) is 22.7. The molecule has 1 amide bonds. The Bertz CT molecular complexity index is 1240. The summed E-state index contributed by atoms with van der Waals surface area (Å²) in [4.78, 5) is 29.9.